The van der Waals surface area contributed by atoms with E-state index in [1.807, 2.05) is 0 Å². The van der Waals surface area contributed by atoms with Crippen LogP contribution < -0.4 is 50.8 Å². The molecule has 0 atom stereocenters. The van der Waals surface area contributed by atoms with Crippen LogP contribution >= 0.6 is 14.1 Å². The van der Waals surface area contributed by atoms with Gasteiger partial charge in [0.1, 0.15) is 49.4 Å². The lowest BCUT2D eigenvalue weighted by molar-refractivity contribution is 0.293. The van der Waals surface area contributed by atoms with Gasteiger partial charge >= 0.3 is 0 Å². The van der Waals surface area contributed by atoms with Crippen molar-refractivity contribution in [1.82, 2.24) is 0 Å². The van der Waals surface area contributed by atoms with E-state index in [1.54, 1.807) is 0 Å². The summed E-state index contributed by atoms with van der Waals surface area (Å²) in [6, 6.07) is 119. The van der Waals surface area contributed by atoms with Gasteiger partial charge < -0.3 is 18.9 Å². The Kier molecular flexibility index (Phi) is 21.3. The molecule has 0 heterocycles. The molecule has 0 amide bonds. The van der Waals surface area contributed by atoms with Gasteiger partial charge in [0.25, 0.3) is 0 Å². The molecule has 15 rings (SSSR count). The average Bonchev–Trinajstić information content (AvgIpc) is 0.738. The van der Waals surface area contributed by atoms with Crippen molar-refractivity contribution in [2.75, 3.05) is 0 Å². The zero-order valence-corrected chi connectivity index (χ0v) is 63.0. The van der Waals surface area contributed by atoms with E-state index < -0.39 is 14.1 Å². The van der Waals surface area contributed by atoms with E-state index in [4.69, 9.17) is 28.4 Å². The van der Waals surface area contributed by atoms with E-state index in [0.29, 0.717) is 52.1 Å². The normalized spacial score (nSPS) is 12.1. The van der Waals surface area contributed by atoms with E-state index in [-0.39, 0.29) is 0 Å². The number of fused-ring (bicyclic) bond motifs is 8. The van der Waals surface area contributed by atoms with E-state index in [2.05, 4.69) is 369 Å². The lowest BCUT2D eigenvalue weighted by Crippen LogP contribution is -2.27. The van der Waals surface area contributed by atoms with Crippen LogP contribution in [0.15, 0.2) is 337 Å². The van der Waals surface area contributed by atoms with Crippen LogP contribution in [-0.4, -0.2) is 0 Å². The van der Waals surface area contributed by atoms with Crippen LogP contribution in [0, 0.1) is 41.5 Å². The van der Waals surface area contributed by atoms with Gasteiger partial charge in [-0.2, -0.15) is 0 Å². The predicted octanol–water partition coefficient (Wildman–Crippen LogP) is 22.1. The van der Waals surface area contributed by atoms with Gasteiger partial charge in [0.2, 0.25) is 0 Å². The van der Waals surface area contributed by atoms with Gasteiger partial charge in [0.05, 0.1) is 25.5 Å². The predicted molar refractivity (Wildman–Crippen MR) is 443 cm³/mol. The summed E-state index contributed by atoms with van der Waals surface area (Å²) < 4.78 is 43.1. The van der Waals surface area contributed by atoms with E-state index in [1.165, 1.54) is 11.1 Å². The molecule has 8 bridgehead atoms. The number of ether oxygens (including phenoxy) is 4. The summed E-state index contributed by atoms with van der Waals surface area (Å²) in [5.74, 6) is 3.26. The molecule has 106 heavy (non-hydrogen) atoms. The van der Waals surface area contributed by atoms with Gasteiger partial charge in [-0.3, -0.25) is 9.49 Å². The fraction of sp³-hybridized carbons (Fsp3) is 0.143. The smallest absolute Gasteiger partial charge is 0.126 e. The first kappa shape index (κ1) is 70.4. The number of rotatable bonds is 20. The standard InChI is InChI=1S/C98H88N2O4P2/c1-69-53-71(3)93(72(4)54-69)99-105(87-45-23-11-24-46-87,88-47-25-12-26-48-88)91-61-83-57-79-41-31-43-81(95(79)101-65-75-33-15-7-16-34-75)59-85-63-92(106(89-49-27-13-28-50-89,90-51-29-14-30-52-90)100-94-73(5)55-70(2)56-74(94)6)64-86(98(85)104-68-78-39-21-10-22-40-78)60-82-44-32-42-80(96(82)102-66-76-35-17-8-18-36-76)58-84(62-91)97(83)103-67-77-37-19-9-20-38-77/h7-56,61-64H,57-60,65-68H2,1-6H3. The SMILES string of the molecule is Cc1cc(C)c(N=P(c2ccccc2)(c2ccccc2)c2cc3c(OCc4ccccc4)c(c2)Cc2cccc(c2OCc2ccccc2)Cc2cc(P(=Nc4c(C)cc(C)cc4C)(c4ccccc4)c4ccccc4)cc(c2OCc2ccccc2)Cc2cccc(c2OCc2ccccc2)C3)c(C)c1. The zero-order valence-electron chi connectivity index (χ0n) is 61.3. The van der Waals surface area contributed by atoms with Crippen LogP contribution in [0.1, 0.15) is 100 Å². The van der Waals surface area contributed by atoms with Crippen LogP contribution in [-0.2, 0) is 52.1 Å². The number of para-hydroxylation sites is 2. The third-order valence-corrected chi connectivity index (χ3v) is 27.5. The number of nitrogens with zero attached hydrogens (tertiary/aromatic N) is 2. The first-order valence-corrected chi connectivity index (χ1v) is 40.3. The number of hydrogen-bond acceptors (Lipinski definition) is 6. The Labute approximate surface area is 626 Å². The van der Waals surface area contributed by atoms with Crippen molar-refractivity contribution in [1.29, 1.82) is 0 Å². The lowest BCUT2D eigenvalue weighted by Gasteiger charge is -2.31. The second kappa shape index (κ2) is 32.0. The van der Waals surface area contributed by atoms with Crippen molar-refractivity contribution >= 4 is 57.3 Å². The minimum absolute atomic E-state index is 0.339. The largest absolute Gasteiger partial charge is 0.488 e. The molecule has 8 heteroatoms. The van der Waals surface area contributed by atoms with Crippen LogP contribution in [0.4, 0.5) is 11.4 Å². The fourth-order valence-corrected chi connectivity index (χ4v) is 23.0. The summed E-state index contributed by atoms with van der Waals surface area (Å²) in [5.41, 5.74) is 21.4. The molecule has 0 aliphatic heterocycles. The third-order valence-electron chi connectivity index (χ3n) is 20.3. The molecular weight excluding hydrogens is 1330 g/mol. The minimum atomic E-state index is -3.04. The van der Waals surface area contributed by atoms with Gasteiger partial charge in [-0.1, -0.05) is 314 Å². The Morgan fingerprint density at radius 1 is 0.226 bits per heavy atom. The summed E-state index contributed by atoms with van der Waals surface area (Å²) in [5, 5.41) is 6.81. The Bertz CT molecular complexity index is 4970. The summed E-state index contributed by atoms with van der Waals surface area (Å²) in [6.07, 6.45) is 1.78. The molecule has 6 nitrogen and oxygen atoms in total. The van der Waals surface area contributed by atoms with Crippen molar-refractivity contribution in [3.05, 3.63) is 428 Å². The number of aryl methyl sites for hydroxylation is 6. The highest BCUT2D eigenvalue weighted by atomic mass is 31.2. The summed E-state index contributed by atoms with van der Waals surface area (Å²) in [4.78, 5) is 0. The van der Waals surface area contributed by atoms with Gasteiger partial charge in [-0.25, -0.2) is 0 Å². The molecule has 14 aromatic rings. The molecular formula is C98H88N2O4P2. The van der Waals surface area contributed by atoms with Gasteiger partial charge in [-0.05, 0) is 155 Å². The van der Waals surface area contributed by atoms with Gasteiger partial charge in [-0.15, -0.1) is 0 Å². The molecule has 1 aliphatic rings. The lowest BCUT2D eigenvalue weighted by atomic mass is 9.91. The van der Waals surface area contributed by atoms with Crippen molar-refractivity contribution < 1.29 is 18.9 Å². The molecule has 0 saturated carbocycles. The fourth-order valence-electron chi connectivity index (χ4n) is 15.5. The van der Waals surface area contributed by atoms with Crippen molar-refractivity contribution in [3.8, 4) is 23.0 Å². The zero-order chi connectivity index (χ0) is 72.4. The highest BCUT2D eigenvalue weighted by molar-refractivity contribution is 7.88. The second-order valence-electron chi connectivity index (χ2n) is 28.1. The van der Waals surface area contributed by atoms with Gasteiger partial charge in [0.15, 0.2) is 0 Å². The Morgan fingerprint density at radius 2 is 0.434 bits per heavy atom. The van der Waals surface area contributed by atoms with E-state index in [9.17, 15) is 0 Å². The Hall–Kier alpha value is -11.3. The van der Waals surface area contributed by atoms with Crippen molar-refractivity contribution in [3.63, 3.8) is 0 Å². The Balaban J connectivity index is 1.07. The maximum atomic E-state index is 7.60. The molecule has 524 valence electrons. The van der Waals surface area contributed by atoms with E-state index in [0.717, 1.165) is 155 Å². The highest BCUT2D eigenvalue weighted by Crippen LogP contribution is 2.55. The maximum Gasteiger partial charge on any atom is 0.126 e. The molecule has 0 aromatic heterocycles. The first-order chi connectivity index (χ1) is 51.9. The first-order valence-electron chi connectivity index (χ1n) is 36.8. The van der Waals surface area contributed by atoms with Crippen LogP contribution in [0.25, 0.3) is 0 Å². The highest BCUT2D eigenvalue weighted by Gasteiger charge is 2.35. The topological polar surface area (TPSA) is 61.6 Å². The molecule has 1 aliphatic carbocycles. The van der Waals surface area contributed by atoms with Crippen molar-refractivity contribution in [2.24, 2.45) is 9.49 Å². The Morgan fingerprint density at radius 3 is 0.660 bits per heavy atom. The molecule has 14 aromatic carbocycles. The summed E-state index contributed by atoms with van der Waals surface area (Å²) in [7, 11) is -6.07. The van der Waals surface area contributed by atoms with Crippen LogP contribution in [0.5, 0.6) is 23.0 Å². The summed E-state index contributed by atoms with van der Waals surface area (Å²) >= 11 is 0. The minimum Gasteiger partial charge on any atom is -0.488 e. The second-order valence-corrected chi connectivity index (χ2v) is 34.1. The van der Waals surface area contributed by atoms with Crippen LogP contribution in [0.2, 0.25) is 0 Å². The molecule has 0 radical (unpaired) electrons. The molecule has 0 saturated heterocycles. The van der Waals surface area contributed by atoms with Crippen molar-refractivity contribution in [2.45, 2.75) is 93.7 Å². The quantitative estimate of drug-likeness (QED) is 0.0714. The summed E-state index contributed by atoms with van der Waals surface area (Å²) in [6.45, 7) is 14.6. The maximum absolute atomic E-state index is 7.60. The molecule has 0 unspecified atom stereocenters. The van der Waals surface area contributed by atoms with E-state index >= 15 is 0 Å². The monoisotopic (exact) mass is 1420 g/mol. The van der Waals surface area contributed by atoms with Crippen LogP contribution in [0.3, 0.4) is 0 Å². The van der Waals surface area contributed by atoms with Gasteiger partial charge in [0, 0.05) is 57.5 Å². The molecule has 0 N–H and O–H groups in total. The molecule has 0 spiro atoms. The number of benzene rings is 14. The third kappa shape index (κ3) is 15.2. The molecule has 0 fully saturated rings. The number of hydrogen-bond donors (Lipinski definition) is 0. The average molecular weight is 1420 g/mol.